The topological polar surface area (TPSA) is 12.0 Å². The Morgan fingerprint density at radius 2 is 1.77 bits per heavy atom. The van der Waals surface area contributed by atoms with Crippen LogP contribution in [0.3, 0.4) is 0 Å². The van der Waals surface area contributed by atoms with Gasteiger partial charge in [-0.25, -0.2) is 0 Å². The van der Waals surface area contributed by atoms with Crippen molar-refractivity contribution in [3.8, 4) is 0 Å². The molecule has 0 radical (unpaired) electrons. The number of hydrogen-bond acceptors (Lipinski definition) is 1. The first kappa shape index (κ1) is 13.0. The van der Waals surface area contributed by atoms with Crippen LogP contribution in [0.4, 0.5) is 0 Å². The van der Waals surface area contributed by atoms with Gasteiger partial charge >= 0.3 is 0 Å². The molecule has 0 spiro atoms. The van der Waals surface area contributed by atoms with Gasteiger partial charge in [0.2, 0.25) is 0 Å². The molecule has 0 aliphatic rings. The first-order chi connectivity index (χ1) is 5.99. The molecule has 0 aliphatic heterocycles. The highest BCUT2D eigenvalue weighted by atomic mass is 14.9. The van der Waals surface area contributed by atoms with Crippen molar-refractivity contribution in [2.45, 2.75) is 66.3 Å². The molecular formula is C12H27N. The molecule has 0 aromatic carbocycles. The van der Waals surface area contributed by atoms with Crippen LogP contribution in [0.25, 0.3) is 0 Å². The van der Waals surface area contributed by atoms with Crippen molar-refractivity contribution >= 4 is 0 Å². The summed E-state index contributed by atoms with van der Waals surface area (Å²) < 4.78 is 0. The van der Waals surface area contributed by atoms with Crippen molar-refractivity contribution in [3.63, 3.8) is 0 Å². The first-order valence-corrected chi connectivity index (χ1v) is 5.73. The Kier molecular flexibility index (Phi) is 6.40. The van der Waals surface area contributed by atoms with E-state index in [0.717, 1.165) is 12.6 Å². The summed E-state index contributed by atoms with van der Waals surface area (Å²) in [6.45, 7) is 12.5. The monoisotopic (exact) mass is 185 g/mol. The molecule has 1 unspecified atom stereocenters. The lowest BCUT2D eigenvalue weighted by Gasteiger charge is -2.24. The van der Waals surface area contributed by atoms with Gasteiger partial charge in [0.05, 0.1) is 0 Å². The molecule has 0 saturated heterocycles. The smallest absolute Gasteiger partial charge is 0.00646 e. The van der Waals surface area contributed by atoms with Crippen LogP contribution in [0.1, 0.15) is 60.3 Å². The normalized spacial score (nSPS) is 14.5. The van der Waals surface area contributed by atoms with E-state index in [1.807, 2.05) is 0 Å². The Bertz CT molecular complexity index is 113. The maximum Gasteiger partial charge on any atom is 0.00646 e. The predicted molar refractivity (Wildman–Crippen MR) is 61.1 cm³/mol. The molecule has 1 nitrogen and oxygen atoms in total. The van der Waals surface area contributed by atoms with Gasteiger partial charge in [-0.15, -0.1) is 0 Å². The Balaban J connectivity index is 3.59. The van der Waals surface area contributed by atoms with Gasteiger partial charge in [-0.3, -0.25) is 0 Å². The van der Waals surface area contributed by atoms with Crippen LogP contribution in [0.5, 0.6) is 0 Å². The number of hydrogen-bond donors (Lipinski definition) is 1. The largest absolute Gasteiger partial charge is 0.313 e. The zero-order chi connectivity index (χ0) is 10.3. The SMILES string of the molecule is CCCCC(CC)NCC(C)(C)C. The van der Waals surface area contributed by atoms with Crippen LogP contribution < -0.4 is 5.32 Å². The highest BCUT2D eigenvalue weighted by Gasteiger charge is 2.12. The van der Waals surface area contributed by atoms with E-state index in [9.17, 15) is 0 Å². The molecule has 0 amide bonds. The first-order valence-electron chi connectivity index (χ1n) is 5.73. The third-order valence-electron chi connectivity index (χ3n) is 2.32. The van der Waals surface area contributed by atoms with Crippen molar-refractivity contribution in [1.82, 2.24) is 5.32 Å². The molecule has 13 heavy (non-hydrogen) atoms. The van der Waals surface area contributed by atoms with Crippen LogP contribution in [-0.4, -0.2) is 12.6 Å². The molecule has 1 N–H and O–H groups in total. The summed E-state index contributed by atoms with van der Waals surface area (Å²) >= 11 is 0. The van der Waals surface area contributed by atoms with Crippen molar-refractivity contribution in [1.29, 1.82) is 0 Å². The molecule has 1 heteroatoms. The van der Waals surface area contributed by atoms with Gasteiger partial charge in [0, 0.05) is 12.6 Å². The Morgan fingerprint density at radius 3 is 2.15 bits per heavy atom. The standard InChI is InChI=1S/C12H27N/c1-6-8-9-11(7-2)13-10-12(3,4)5/h11,13H,6-10H2,1-5H3. The van der Waals surface area contributed by atoms with E-state index in [2.05, 4.69) is 39.9 Å². The minimum atomic E-state index is 0.416. The number of rotatable bonds is 6. The van der Waals surface area contributed by atoms with Gasteiger partial charge in [0.1, 0.15) is 0 Å². The molecule has 0 aliphatic carbocycles. The Morgan fingerprint density at radius 1 is 1.15 bits per heavy atom. The number of unbranched alkanes of at least 4 members (excludes halogenated alkanes) is 1. The summed E-state index contributed by atoms with van der Waals surface area (Å²) in [4.78, 5) is 0. The molecular weight excluding hydrogens is 158 g/mol. The lowest BCUT2D eigenvalue weighted by atomic mass is 9.96. The van der Waals surface area contributed by atoms with E-state index in [1.165, 1.54) is 25.7 Å². The van der Waals surface area contributed by atoms with Crippen LogP contribution in [0.2, 0.25) is 0 Å². The minimum Gasteiger partial charge on any atom is -0.313 e. The summed E-state index contributed by atoms with van der Waals surface area (Å²) in [5, 5.41) is 3.64. The van der Waals surface area contributed by atoms with Crippen molar-refractivity contribution in [2.75, 3.05) is 6.54 Å². The summed E-state index contributed by atoms with van der Waals surface area (Å²) in [6, 6.07) is 0.735. The van der Waals surface area contributed by atoms with Gasteiger partial charge in [-0.2, -0.15) is 0 Å². The van der Waals surface area contributed by atoms with Crippen molar-refractivity contribution in [3.05, 3.63) is 0 Å². The summed E-state index contributed by atoms with van der Waals surface area (Å²) in [5.74, 6) is 0. The van der Waals surface area contributed by atoms with Gasteiger partial charge in [-0.1, -0.05) is 47.5 Å². The molecule has 0 aromatic rings. The molecule has 0 aromatic heterocycles. The Hall–Kier alpha value is -0.0400. The van der Waals surface area contributed by atoms with Crippen molar-refractivity contribution < 1.29 is 0 Å². The third-order valence-corrected chi connectivity index (χ3v) is 2.32. The molecule has 80 valence electrons. The predicted octanol–water partition coefficient (Wildman–Crippen LogP) is 3.59. The van der Waals surface area contributed by atoms with Crippen LogP contribution in [0.15, 0.2) is 0 Å². The lowest BCUT2D eigenvalue weighted by Crippen LogP contribution is -2.35. The highest BCUT2D eigenvalue weighted by molar-refractivity contribution is 4.70. The minimum absolute atomic E-state index is 0.416. The van der Waals surface area contributed by atoms with E-state index in [4.69, 9.17) is 0 Å². The van der Waals surface area contributed by atoms with Crippen molar-refractivity contribution in [2.24, 2.45) is 5.41 Å². The van der Waals surface area contributed by atoms with E-state index in [1.54, 1.807) is 0 Å². The molecule has 0 rings (SSSR count). The van der Waals surface area contributed by atoms with E-state index >= 15 is 0 Å². The molecule has 0 saturated carbocycles. The van der Waals surface area contributed by atoms with Crippen LogP contribution in [-0.2, 0) is 0 Å². The maximum absolute atomic E-state index is 3.64. The van der Waals surface area contributed by atoms with E-state index < -0.39 is 0 Å². The lowest BCUT2D eigenvalue weighted by molar-refractivity contribution is 0.335. The summed E-state index contributed by atoms with van der Waals surface area (Å²) in [6.07, 6.45) is 5.27. The molecule has 1 atom stereocenters. The third kappa shape index (κ3) is 8.29. The number of nitrogens with one attached hydrogen (secondary N) is 1. The van der Waals surface area contributed by atoms with Crippen LogP contribution >= 0.6 is 0 Å². The second-order valence-corrected chi connectivity index (χ2v) is 5.19. The summed E-state index contributed by atoms with van der Waals surface area (Å²) in [5.41, 5.74) is 0.416. The molecule has 0 fully saturated rings. The Labute approximate surface area is 84.3 Å². The maximum atomic E-state index is 3.64. The second kappa shape index (κ2) is 6.42. The zero-order valence-electron chi connectivity index (χ0n) is 10.1. The quantitative estimate of drug-likeness (QED) is 0.667. The van der Waals surface area contributed by atoms with Gasteiger partial charge in [0.25, 0.3) is 0 Å². The fourth-order valence-electron chi connectivity index (χ4n) is 1.35. The fraction of sp³-hybridized carbons (Fsp3) is 1.00. The summed E-state index contributed by atoms with van der Waals surface area (Å²) in [7, 11) is 0. The highest BCUT2D eigenvalue weighted by Crippen LogP contribution is 2.12. The van der Waals surface area contributed by atoms with Gasteiger partial charge in [-0.05, 0) is 18.3 Å². The molecule has 0 heterocycles. The van der Waals surface area contributed by atoms with Gasteiger partial charge < -0.3 is 5.32 Å². The fourth-order valence-corrected chi connectivity index (χ4v) is 1.35. The average molecular weight is 185 g/mol. The average Bonchev–Trinajstić information content (AvgIpc) is 2.03. The van der Waals surface area contributed by atoms with Crippen LogP contribution in [0, 0.1) is 5.41 Å². The second-order valence-electron chi connectivity index (χ2n) is 5.19. The van der Waals surface area contributed by atoms with E-state index in [-0.39, 0.29) is 0 Å². The van der Waals surface area contributed by atoms with E-state index in [0.29, 0.717) is 5.41 Å². The molecule has 0 bridgehead atoms. The van der Waals surface area contributed by atoms with Gasteiger partial charge in [0.15, 0.2) is 0 Å². The zero-order valence-corrected chi connectivity index (χ0v) is 10.1.